The molecule has 0 saturated carbocycles. The van der Waals surface area contributed by atoms with Crippen LogP contribution in [0.15, 0.2) is 12.1 Å². The van der Waals surface area contributed by atoms with Crippen LogP contribution in [0.5, 0.6) is 11.5 Å². The molecule has 0 N–H and O–H groups in total. The van der Waals surface area contributed by atoms with Gasteiger partial charge in [-0.2, -0.15) is 0 Å². The molecule has 1 fully saturated rings. The van der Waals surface area contributed by atoms with Crippen LogP contribution in [0, 0.1) is 0 Å². The molecule has 1 saturated heterocycles. The molecular weight excluding hydrogens is 204 g/mol. The van der Waals surface area contributed by atoms with Crippen molar-refractivity contribution in [2.24, 2.45) is 0 Å². The second kappa shape index (κ2) is 3.67. The van der Waals surface area contributed by atoms with Gasteiger partial charge in [0, 0.05) is 17.5 Å². The third-order valence-corrected chi connectivity index (χ3v) is 3.01. The van der Waals surface area contributed by atoms with Crippen LogP contribution >= 0.6 is 0 Å². The maximum Gasteiger partial charge on any atom is 0.125 e. The zero-order valence-corrected chi connectivity index (χ0v) is 9.66. The number of ether oxygens (including phenoxy) is 3. The van der Waals surface area contributed by atoms with E-state index in [1.165, 1.54) is 5.56 Å². The first-order valence-corrected chi connectivity index (χ1v) is 5.85. The van der Waals surface area contributed by atoms with Crippen molar-refractivity contribution in [3.8, 4) is 11.5 Å². The van der Waals surface area contributed by atoms with Crippen molar-refractivity contribution in [3.05, 3.63) is 23.3 Å². The van der Waals surface area contributed by atoms with Crippen LogP contribution in [0.1, 0.15) is 31.1 Å². The highest BCUT2D eigenvalue weighted by Crippen LogP contribution is 2.42. The summed E-state index contributed by atoms with van der Waals surface area (Å²) in [6.07, 6.45) is 1.47. The minimum absolute atomic E-state index is 0.214. The normalized spacial score (nSPS) is 26.1. The van der Waals surface area contributed by atoms with Crippen LogP contribution in [-0.2, 0) is 11.2 Å². The van der Waals surface area contributed by atoms with E-state index < -0.39 is 0 Å². The van der Waals surface area contributed by atoms with Gasteiger partial charge in [-0.3, -0.25) is 0 Å². The van der Waals surface area contributed by atoms with Gasteiger partial charge in [0.25, 0.3) is 0 Å². The van der Waals surface area contributed by atoms with Crippen LogP contribution < -0.4 is 9.47 Å². The summed E-state index contributed by atoms with van der Waals surface area (Å²) in [5.41, 5.74) is 2.38. The number of epoxide rings is 1. The molecule has 2 aliphatic rings. The Labute approximate surface area is 95.3 Å². The Morgan fingerprint density at radius 2 is 2.25 bits per heavy atom. The molecule has 2 aliphatic heterocycles. The number of fused-ring (bicyclic) bond motifs is 1. The molecule has 3 heteroatoms. The van der Waals surface area contributed by atoms with E-state index in [0.29, 0.717) is 6.61 Å². The Bertz CT molecular complexity index is 410. The molecule has 2 unspecified atom stereocenters. The third kappa shape index (κ3) is 1.65. The summed E-state index contributed by atoms with van der Waals surface area (Å²) in [4.78, 5) is 0. The topological polar surface area (TPSA) is 31.0 Å². The molecule has 1 aromatic rings. The van der Waals surface area contributed by atoms with Crippen LogP contribution in [0.2, 0.25) is 0 Å². The Kier molecular flexibility index (Phi) is 2.28. The average molecular weight is 220 g/mol. The maximum atomic E-state index is 5.75. The largest absolute Gasteiger partial charge is 0.493 e. The molecule has 2 heterocycles. The van der Waals surface area contributed by atoms with Gasteiger partial charge in [-0.25, -0.2) is 0 Å². The van der Waals surface area contributed by atoms with Crippen molar-refractivity contribution >= 4 is 0 Å². The van der Waals surface area contributed by atoms with E-state index in [4.69, 9.17) is 14.2 Å². The van der Waals surface area contributed by atoms with Crippen LogP contribution in [0.25, 0.3) is 0 Å². The minimum atomic E-state index is 0.214. The zero-order valence-electron chi connectivity index (χ0n) is 9.66. The van der Waals surface area contributed by atoms with Crippen molar-refractivity contribution < 1.29 is 14.2 Å². The highest BCUT2D eigenvalue weighted by atomic mass is 16.6. The summed E-state index contributed by atoms with van der Waals surface area (Å²) in [7, 11) is 0. The summed E-state index contributed by atoms with van der Waals surface area (Å²) in [5, 5.41) is 0. The molecule has 2 atom stereocenters. The van der Waals surface area contributed by atoms with Gasteiger partial charge in [-0.1, -0.05) is 0 Å². The molecule has 0 bridgehead atoms. The van der Waals surface area contributed by atoms with E-state index in [9.17, 15) is 0 Å². The standard InChI is InChI=1S/C13H16O3/c1-3-14-12-5-9-4-8(2)16-11(9)6-10(12)13-7-15-13/h5-6,8,13H,3-4,7H2,1-2H3. The van der Waals surface area contributed by atoms with Crippen molar-refractivity contribution in [2.45, 2.75) is 32.5 Å². The quantitative estimate of drug-likeness (QED) is 0.733. The first-order valence-electron chi connectivity index (χ1n) is 5.85. The van der Waals surface area contributed by atoms with Crippen molar-refractivity contribution in [1.29, 1.82) is 0 Å². The number of hydrogen-bond donors (Lipinski definition) is 0. The molecule has 3 rings (SSSR count). The summed E-state index contributed by atoms with van der Waals surface area (Å²) in [6, 6.07) is 4.20. The van der Waals surface area contributed by atoms with Gasteiger partial charge in [-0.05, 0) is 26.0 Å². The smallest absolute Gasteiger partial charge is 0.125 e. The van der Waals surface area contributed by atoms with E-state index in [1.54, 1.807) is 0 Å². The van der Waals surface area contributed by atoms with Gasteiger partial charge < -0.3 is 14.2 Å². The molecule has 0 spiro atoms. The second-order valence-corrected chi connectivity index (χ2v) is 4.39. The second-order valence-electron chi connectivity index (χ2n) is 4.39. The Balaban J connectivity index is 2.00. The van der Waals surface area contributed by atoms with E-state index in [-0.39, 0.29) is 12.2 Å². The van der Waals surface area contributed by atoms with Crippen LogP contribution in [0.4, 0.5) is 0 Å². The predicted molar refractivity (Wildman–Crippen MR) is 60.1 cm³/mol. The molecular formula is C13H16O3. The molecule has 86 valence electrons. The molecule has 16 heavy (non-hydrogen) atoms. The average Bonchev–Trinajstić information content (AvgIpc) is 3.01. The lowest BCUT2D eigenvalue weighted by Crippen LogP contribution is -2.05. The van der Waals surface area contributed by atoms with Crippen LogP contribution in [0.3, 0.4) is 0 Å². The van der Waals surface area contributed by atoms with E-state index >= 15 is 0 Å². The molecule has 1 aromatic carbocycles. The highest BCUT2D eigenvalue weighted by Gasteiger charge is 2.31. The maximum absolute atomic E-state index is 5.75. The van der Waals surface area contributed by atoms with Gasteiger partial charge in [-0.15, -0.1) is 0 Å². The van der Waals surface area contributed by atoms with E-state index in [2.05, 4.69) is 19.1 Å². The predicted octanol–water partition coefficient (Wildman–Crippen LogP) is 2.48. The van der Waals surface area contributed by atoms with Crippen LogP contribution in [-0.4, -0.2) is 19.3 Å². The lowest BCUT2D eigenvalue weighted by Gasteiger charge is -2.10. The fourth-order valence-corrected chi connectivity index (χ4v) is 2.21. The van der Waals surface area contributed by atoms with Crippen molar-refractivity contribution in [1.82, 2.24) is 0 Å². The van der Waals surface area contributed by atoms with Gasteiger partial charge >= 0.3 is 0 Å². The molecule has 0 aliphatic carbocycles. The van der Waals surface area contributed by atoms with Crippen molar-refractivity contribution in [2.75, 3.05) is 13.2 Å². The lowest BCUT2D eigenvalue weighted by molar-refractivity contribution is 0.254. The number of benzene rings is 1. The van der Waals surface area contributed by atoms with Crippen molar-refractivity contribution in [3.63, 3.8) is 0 Å². The van der Waals surface area contributed by atoms with E-state index in [1.807, 2.05) is 6.92 Å². The molecule has 0 radical (unpaired) electrons. The first-order chi connectivity index (χ1) is 7.78. The van der Waals surface area contributed by atoms with E-state index in [0.717, 1.165) is 30.1 Å². The molecule has 0 amide bonds. The molecule has 0 aromatic heterocycles. The minimum Gasteiger partial charge on any atom is -0.493 e. The van der Waals surface area contributed by atoms with Gasteiger partial charge in [0.15, 0.2) is 0 Å². The summed E-state index contributed by atoms with van der Waals surface area (Å²) < 4.78 is 16.7. The summed E-state index contributed by atoms with van der Waals surface area (Å²) >= 11 is 0. The Morgan fingerprint density at radius 1 is 1.44 bits per heavy atom. The summed E-state index contributed by atoms with van der Waals surface area (Å²) in [5.74, 6) is 1.96. The SMILES string of the molecule is CCOc1cc2c(cc1C1CO1)OC(C)C2. The molecule has 3 nitrogen and oxygen atoms in total. The number of hydrogen-bond acceptors (Lipinski definition) is 3. The fraction of sp³-hybridized carbons (Fsp3) is 0.538. The van der Waals surface area contributed by atoms with Gasteiger partial charge in [0.05, 0.1) is 13.2 Å². The fourth-order valence-electron chi connectivity index (χ4n) is 2.21. The first kappa shape index (κ1) is 9.97. The lowest BCUT2D eigenvalue weighted by atomic mass is 10.0. The zero-order chi connectivity index (χ0) is 11.1. The number of rotatable bonds is 3. The Hall–Kier alpha value is -1.22. The van der Waals surface area contributed by atoms with Gasteiger partial charge in [0.1, 0.15) is 23.7 Å². The monoisotopic (exact) mass is 220 g/mol. The Morgan fingerprint density at radius 3 is 2.94 bits per heavy atom. The van der Waals surface area contributed by atoms with Gasteiger partial charge in [0.2, 0.25) is 0 Å². The third-order valence-electron chi connectivity index (χ3n) is 3.01. The summed E-state index contributed by atoms with van der Waals surface area (Å²) in [6.45, 7) is 5.58. The highest BCUT2D eigenvalue weighted by molar-refractivity contribution is 5.50.